The predicted octanol–water partition coefficient (Wildman–Crippen LogP) is 1.63. The number of rotatable bonds is 7. The van der Waals surface area contributed by atoms with E-state index in [2.05, 4.69) is 4.52 Å². The highest BCUT2D eigenvalue weighted by Gasteiger charge is 2.41. The monoisotopic (exact) mass is 530 g/mol. The van der Waals surface area contributed by atoms with Crippen molar-refractivity contribution in [2.24, 2.45) is 0 Å². The highest BCUT2D eigenvalue weighted by molar-refractivity contribution is 7.46. The Morgan fingerprint density at radius 2 is 1.62 bits per heavy atom. The summed E-state index contributed by atoms with van der Waals surface area (Å²) in [6.07, 6.45) is -2.28. The van der Waals surface area contributed by atoms with Gasteiger partial charge < -0.3 is 19.3 Å². The summed E-state index contributed by atoms with van der Waals surface area (Å²) in [5, 5.41) is 0. The summed E-state index contributed by atoms with van der Waals surface area (Å²) >= 11 is 0. The Labute approximate surface area is 209 Å². The van der Waals surface area contributed by atoms with Crippen molar-refractivity contribution in [3.63, 3.8) is 0 Å². The van der Waals surface area contributed by atoms with Crippen molar-refractivity contribution in [3.8, 4) is 0 Å². The number of hydrogen-bond acceptors (Lipinski definition) is 8. The van der Waals surface area contributed by atoms with Gasteiger partial charge in [-0.05, 0) is 31.2 Å². The maximum atomic E-state index is 13.3. The first kappa shape index (κ1) is 26.4. The molecule has 0 radical (unpaired) electrons. The number of phosphoric acid groups is 1. The molecule has 4 rings (SSSR count). The molecule has 194 valence electrons. The van der Waals surface area contributed by atoms with Crippen LogP contribution in [0.1, 0.15) is 38.9 Å². The van der Waals surface area contributed by atoms with Crippen LogP contribution < -0.4 is 11.2 Å². The molecule has 2 N–H and O–H groups in total. The van der Waals surface area contributed by atoms with Crippen molar-refractivity contribution in [1.29, 1.82) is 0 Å². The van der Waals surface area contributed by atoms with Gasteiger partial charge in [0, 0.05) is 23.7 Å². The van der Waals surface area contributed by atoms with Gasteiger partial charge in [0.05, 0.1) is 12.2 Å². The van der Waals surface area contributed by atoms with E-state index in [0.717, 1.165) is 4.57 Å². The maximum Gasteiger partial charge on any atom is 0.469 e. The number of hydrogen-bond donors (Lipinski definition) is 2. The molecule has 12 nitrogen and oxygen atoms in total. The molecule has 1 aromatic heterocycles. The van der Waals surface area contributed by atoms with E-state index in [1.807, 2.05) is 0 Å². The lowest BCUT2D eigenvalue weighted by Crippen LogP contribution is -2.45. The van der Waals surface area contributed by atoms with E-state index in [0.29, 0.717) is 4.57 Å². The summed E-state index contributed by atoms with van der Waals surface area (Å²) in [7, 11) is -4.89. The van der Waals surface area contributed by atoms with Crippen LogP contribution in [0.15, 0.2) is 76.4 Å². The third-order valence-electron chi connectivity index (χ3n) is 5.67. The fourth-order valence-electron chi connectivity index (χ4n) is 3.89. The first-order valence-electron chi connectivity index (χ1n) is 11.1. The SMILES string of the molecule is Cc1cn([C@H]2C[C@H](OC(=O)c3ccccc3)[C@@H](COP(=O)(O)O)O2)c(=O)n(C(=O)c2ccccc2)c1=O. The molecule has 1 aliphatic rings. The second-order valence-corrected chi connectivity index (χ2v) is 9.51. The second-order valence-electron chi connectivity index (χ2n) is 8.27. The lowest BCUT2D eigenvalue weighted by molar-refractivity contribution is -0.0515. The van der Waals surface area contributed by atoms with Crippen molar-refractivity contribution < 1.29 is 37.9 Å². The van der Waals surface area contributed by atoms with E-state index in [9.17, 15) is 23.7 Å². The van der Waals surface area contributed by atoms with Crippen molar-refractivity contribution >= 4 is 19.7 Å². The molecule has 1 fully saturated rings. The van der Waals surface area contributed by atoms with Crippen LogP contribution in [-0.4, -0.2) is 49.6 Å². The van der Waals surface area contributed by atoms with Crippen molar-refractivity contribution in [2.75, 3.05) is 6.61 Å². The van der Waals surface area contributed by atoms with Crippen LogP contribution in [-0.2, 0) is 18.6 Å². The number of aryl methyl sites for hydroxylation is 1. The Hall–Kier alpha value is -3.67. The third-order valence-corrected chi connectivity index (χ3v) is 6.16. The van der Waals surface area contributed by atoms with Gasteiger partial charge in [-0.25, -0.2) is 14.2 Å². The van der Waals surface area contributed by atoms with E-state index in [-0.39, 0.29) is 23.1 Å². The van der Waals surface area contributed by atoms with Crippen LogP contribution >= 0.6 is 7.82 Å². The molecule has 0 amide bonds. The molecular formula is C24H23N2O10P. The average Bonchev–Trinajstić information content (AvgIpc) is 3.27. The van der Waals surface area contributed by atoms with Crippen LogP contribution in [0.3, 0.4) is 0 Å². The number of carbonyl (C=O) groups excluding carboxylic acids is 2. The Bertz CT molecular complexity index is 1460. The molecular weight excluding hydrogens is 507 g/mol. The average molecular weight is 530 g/mol. The van der Waals surface area contributed by atoms with Gasteiger partial charge in [-0.15, -0.1) is 0 Å². The van der Waals surface area contributed by atoms with Crippen molar-refractivity contribution in [1.82, 2.24) is 9.13 Å². The molecule has 3 aromatic rings. The number of phosphoric ester groups is 1. The zero-order valence-electron chi connectivity index (χ0n) is 19.5. The van der Waals surface area contributed by atoms with Gasteiger partial charge in [-0.3, -0.25) is 18.7 Å². The first-order valence-corrected chi connectivity index (χ1v) is 12.6. The topological polar surface area (TPSA) is 163 Å². The molecule has 2 heterocycles. The number of carbonyl (C=O) groups is 2. The maximum absolute atomic E-state index is 13.3. The van der Waals surface area contributed by atoms with Crippen LogP contribution in [0.2, 0.25) is 0 Å². The van der Waals surface area contributed by atoms with Crippen molar-refractivity contribution in [3.05, 3.63) is 104 Å². The Kier molecular flexibility index (Phi) is 7.67. The van der Waals surface area contributed by atoms with E-state index in [1.165, 1.54) is 37.4 Å². The summed E-state index contributed by atoms with van der Waals surface area (Å²) in [6.45, 7) is 0.771. The smallest absolute Gasteiger partial charge is 0.456 e. The minimum atomic E-state index is -4.89. The van der Waals surface area contributed by atoms with Crippen LogP contribution in [0.25, 0.3) is 0 Å². The summed E-state index contributed by atoms with van der Waals surface area (Å²) in [5.41, 5.74) is -1.37. The zero-order valence-corrected chi connectivity index (χ0v) is 20.4. The zero-order chi connectivity index (χ0) is 26.7. The number of ether oxygens (including phenoxy) is 2. The summed E-state index contributed by atoms with van der Waals surface area (Å²) in [6, 6.07) is 15.8. The van der Waals surface area contributed by atoms with Gasteiger partial charge in [-0.1, -0.05) is 36.4 Å². The summed E-state index contributed by atoms with van der Waals surface area (Å²) < 4.78 is 28.6. The molecule has 0 unspecified atom stereocenters. The van der Waals surface area contributed by atoms with Crippen molar-refractivity contribution in [2.45, 2.75) is 31.8 Å². The van der Waals surface area contributed by atoms with Gasteiger partial charge in [0.25, 0.3) is 11.5 Å². The normalized spacial score (nSPS) is 19.5. The quantitative estimate of drug-likeness (QED) is 0.339. The van der Waals surface area contributed by atoms with Crippen LogP contribution in [0.5, 0.6) is 0 Å². The molecule has 0 aliphatic carbocycles. The fourth-order valence-corrected chi connectivity index (χ4v) is 4.23. The standard InChI is InChI=1S/C24H23N2O10P/c1-15-13-25(24(30)26(21(15)27)22(28)16-8-4-2-5-9-16)20-12-18(19(35-20)14-34-37(31,32)33)36-23(29)17-10-6-3-7-11-17/h2-11,13,18-20H,12,14H2,1H3,(H2,31,32,33)/t18-,19+,20+/m0/s1. The molecule has 1 saturated heterocycles. The number of esters is 1. The second kappa shape index (κ2) is 10.8. The Balaban J connectivity index is 1.67. The lowest BCUT2D eigenvalue weighted by Gasteiger charge is -2.19. The molecule has 37 heavy (non-hydrogen) atoms. The number of nitrogens with zero attached hydrogens (tertiary/aromatic N) is 2. The van der Waals surface area contributed by atoms with E-state index in [1.54, 1.807) is 36.4 Å². The molecule has 0 spiro atoms. The largest absolute Gasteiger partial charge is 0.469 e. The highest BCUT2D eigenvalue weighted by atomic mass is 31.2. The predicted molar refractivity (Wildman–Crippen MR) is 128 cm³/mol. The molecule has 1 aliphatic heterocycles. The van der Waals surface area contributed by atoms with Crippen LogP contribution in [0.4, 0.5) is 0 Å². The van der Waals surface area contributed by atoms with E-state index in [4.69, 9.17) is 19.3 Å². The van der Waals surface area contributed by atoms with Gasteiger partial charge in [0.2, 0.25) is 0 Å². The number of benzene rings is 2. The Morgan fingerprint density at radius 1 is 1.03 bits per heavy atom. The minimum Gasteiger partial charge on any atom is -0.456 e. The molecule has 0 bridgehead atoms. The minimum absolute atomic E-state index is 0.0697. The fraction of sp³-hybridized carbons (Fsp3) is 0.250. The van der Waals surface area contributed by atoms with Crippen LogP contribution in [0, 0.1) is 6.92 Å². The van der Waals surface area contributed by atoms with Gasteiger partial charge in [-0.2, -0.15) is 4.57 Å². The lowest BCUT2D eigenvalue weighted by atomic mass is 10.1. The molecule has 13 heteroatoms. The first-order chi connectivity index (χ1) is 17.5. The van der Waals surface area contributed by atoms with Gasteiger partial charge in [0.15, 0.2) is 0 Å². The van der Waals surface area contributed by atoms with E-state index < -0.39 is 56.0 Å². The van der Waals surface area contributed by atoms with Gasteiger partial charge >= 0.3 is 19.5 Å². The molecule has 2 aromatic carbocycles. The number of aromatic nitrogens is 2. The third kappa shape index (κ3) is 6.01. The van der Waals surface area contributed by atoms with Gasteiger partial charge in [0.1, 0.15) is 18.4 Å². The molecule has 0 saturated carbocycles. The highest BCUT2D eigenvalue weighted by Crippen LogP contribution is 2.38. The Morgan fingerprint density at radius 3 is 2.22 bits per heavy atom. The van der Waals surface area contributed by atoms with E-state index >= 15 is 0 Å². The summed E-state index contributed by atoms with van der Waals surface area (Å²) in [4.78, 5) is 69.9. The molecule has 3 atom stereocenters. The summed E-state index contributed by atoms with van der Waals surface area (Å²) in [5.74, 6) is -1.55.